The minimum absolute atomic E-state index is 0.136. The number of nitrogens with zero attached hydrogens (tertiary/aromatic N) is 2. The molecule has 1 aromatic heterocycles. The van der Waals surface area contributed by atoms with E-state index >= 15 is 0 Å². The predicted octanol–water partition coefficient (Wildman–Crippen LogP) is 4.90. The van der Waals surface area contributed by atoms with E-state index < -0.39 is 23.5 Å². The molecule has 1 saturated heterocycles. The van der Waals surface area contributed by atoms with Gasteiger partial charge < -0.3 is 9.84 Å². The van der Waals surface area contributed by atoms with Crippen LogP contribution in [0.1, 0.15) is 24.2 Å². The van der Waals surface area contributed by atoms with E-state index in [2.05, 4.69) is 4.98 Å². The number of hydrogen-bond donors (Lipinski definition) is 1. The second kappa shape index (κ2) is 8.80. The van der Waals surface area contributed by atoms with Crippen molar-refractivity contribution in [1.29, 1.82) is 0 Å². The smallest absolute Gasteiger partial charge is 0.300 e. The first-order chi connectivity index (χ1) is 15.4. The van der Waals surface area contributed by atoms with Crippen LogP contribution in [0.3, 0.4) is 0 Å². The van der Waals surface area contributed by atoms with Crippen LogP contribution in [0.5, 0.6) is 5.75 Å². The molecule has 8 heteroatoms. The van der Waals surface area contributed by atoms with E-state index in [0.29, 0.717) is 23.6 Å². The number of rotatable bonds is 5. The highest BCUT2D eigenvalue weighted by Crippen LogP contribution is 2.42. The summed E-state index contributed by atoms with van der Waals surface area (Å²) in [4.78, 5) is 31.6. The van der Waals surface area contributed by atoms with E-state index in [4.69, 9.17) is 16.3 Å². The lowest BCUT2D eigenvalue weighted by molar-refractivity contribution is -0.132. The SMILES string of the molecule is CCOc1cccc(/C(O)=C2\C(=O)C(=O)N(c3ccc(F)c(Cl)c3)C2c2ccccn2)c1. The third-order valence-corrected chi connectivity index (χ3v) is 5.30. The fourth-order valence-electron chi connectivity index (χ4n) is 3.61. The molecule has 32 heavy (non-hydrogen) atoms. The second-order valence-electron chi connectivity index (χ2n) is 6.98. The zero-order valence-corrected chi connectivity index (χ0v) is 17.7. The summed E-state index contributed by atoms with van der Waals surface area (Å²) in [6.45, 7) is 2.25. The average Bonchev–Trinajstić information content (AvgIpc) is 3.07. The van der Waals surface area contributed by atoms with Crippen molar-refractivity contribution in [3.8, 4) is 5.75 Å². The minimum atomic E-state index is -1.03. The molecule has 1 aliphatic rings. The maximum absolute atomic E-state index is 13.7. The number of pyridine rings is 1. The predicted molar refractivity (Wildman–Crippen MR) is 118 cm³/mol. The summed E-state index contributed by atoms with van der Waals surface area (Å²) < 4.78 is 19.2. The Balaban J connectivity index is 1.92. The van der Waals surface area contributed by atoms with Crippen LogP contribution >= 0.6 is 11.6 Å². The minimum Gasteiger partial charge on any atom is -0.507 e. The van der Waals surface area contributed by atoms with Gasteiger partial charge in [0.2, 0.25) is 0 Å². The first-order valence-corrected chi connectivity index (χ1v) is 10.2. The normalized spacial score (nSPS) is 17.6. The van der Waals surface area contributed by atoms with Gasteiger partial charge in [-0.3, -0.25) is 19.5 Å². The number of benzene rings is 2. The number of carbonyl (C=O) groups is 2. The Hall–Kier alpha value is -3.71. The summed E-state index contributed by atoms with van der Waals surface area (Å²) in [5.74, 6) is -2.29. The topological polar surface area (TPSA) is 79.7 Å². The largest absolute Gasteiger partial charge is 0.507 e. The number of amides is 1. The van der Waals surface area contributed by atoms with Crippen LogP contribution in [-0.4, -0.2) is 28.4 Å². The Morgan fingerprint density at radius 1 is 1.16 bits per heavy atom. The number of carbonyl (C=O) groups excluding carboxylic acids is 2. The van der Waals surface area contributed by atoms with Gasteiger partial charge in [-0.25, -0.2) is 4.39 Å². The Labute approximate surface area is 188 Å². The third-order valence-electron chi connectivity index (χ3n) is 5.01. The van der Waals surface area contributed by atoms with Gasteiger partial charge >= 0.3 is 0 Å². The number of Topliss-reactive ketones (excluding diaryl/α,β-unsaturated/α-hetero) is 1. The summed E-state index contributed by atoms with van der Waals surface area (Å²) in [6, 6.07) is 14.3. The molecule has 1 fully saturated rings. The molecular weight excluding hydrogens is 435 g/mol. The highest BCUT2D eigenvalue weighted by atomic mass is 35.5. The molecule has 0 aliphatic carbocycles. The molecule has 1 aliphatic heterocycles. The van der Waals surface area contributed by atoms with Gasteiger partial charge in [0.1, 0.15) is 23.4 Å². The van der Waals surface area contributed by atoms with Crippen molar-refractivity contribution in [2.45, 2.75) is 13.0 Å². The van der Waals surface area contributed by atoms with Crippen molar-refractivity contribution in [2.24, 2.45) is 0 Å². The molecule has 2 aromatic carbocycles. The van der Waals surface area contributed by atoms with E-state index in [0.717, 1.165) is 11.0 Å². The maximum Gasteiger partial charge on any atom is 0.300 e. The van der Waals surface area contributed by atoms with Crippen molar-refractivity contribution < 1.29 is 23.8 Å². The molecule has 2 heterocycles. The van der Waals surface area contributed by atoms with Crippen LogP contribution < -0.4 is 9.64 Å². The van der Waals surface area contributed by atoms with E-state index in [1.54, 1.807) is 42.5 Å². The molecular formula is C24H18ClFN2O4. The van der Waals surface area contributed by atoms with Crippen molar-refractivity contribution in [3.63, 3.8) is 0 Å². The van der Waals surface area contributed by atoms with Crippen molar-refractivity contribution in [2.75, 3.05) is 11.5 Å². The molecule has 0 bridgehead atoms. The second-order valence-corrected chi connectivity index (χ2v) is 7.39. The van der Waals surface area contributed by atoms with Crippen LogP contribution in [0.25, 0.3) is 5.76 Å². The third kappa shape index (κ3) is 3.83. The number of ether oxygens (including phenoxy) is 1. The van der Waals surface area contributed by atoms with Crippen LogP contribution in [-0.2, 0) is 9.59 Å². The molecule has 6 nitrogen and oxygen atoms in total. The number of halogens is 2. The van der Waals surface area contributed by atoms with E-state index in [1.807, 2.05) is 6.92 Å². The molecule has 0 radical (unpaired) electrons. The van der Waals surface area contributed by atoms with Crippen LogP contribution in [0.4, 0.5) is 10.1 Å². The van der Waals surface area contributed by atoms with Gasteiger partial charge in [0, 0.05) is 17.4 Å². The lowest BCUT2D eigenvalue weighted by Crippen LogP contribution is -2.29. The number of ketones is 1. The Morgan fingerprint density at radius 2 is 1.97 bits per heavy atom. The first kappa shape index (κ1) is 21.5. The molecule has 1 atom stereocenters. The van der Waals surface area contributed by atoms with Gasteiger partial charge in [-0.2, -0.15) is 0 Å². The number of hydrogen-bond acceptors (Lipinski definition) is 5. The number of aliphatic hydroxyl groups is 1. The molecule has 0 saturated carbocycles. The van der Waals surface area contributed by atoms with Crippen LogP contribution in [0.15, 0.2) is 72.4 Å². The fourth-order valence-corrected chi connectivity index (χ4v) is 3.78. The quantitative estimate of drug-likeness (QED) is 0.338. The molecule has 1 N–H and O–H groups in total. The fraction of sp³-hybridized carbons (Fsp3) is 0.125. The van der Waals surface area contributed by atoms with Gasteiger partial charge in [-0.15, -0.1) is 0 Å². The van der Waals surface area contributed by atoms with Crippen molar-refractivity contribution in [1.82, 2.24) is 4.98 Å². The van der Waals surface area contributed by atoms with E-state index in [-0.39, 0.29) is 22.0 Å². The molecule has 162 valence electrons. The highest BCUT2D eigenvalue weighted by molar-refractivity contribution is 6.51. The zero-order chi connectivity index (χ0) is 22.8. The van der Waals surface area contributed by atoms with Crippen molar-refractivity contribution >= 4 is 34.7 Å². The standard InChI is InChI=1S/C24H18ClFN2O4/c1-2-32-16-7-5-6-14(12-16)22(29)20-21(19-8-3-4-11-27-19)28(24(31)23(20)30)15-9-10-18(26)17(25)13-15/h3-13,21,29H,2H2,1H3/b22-20+. The molecule has 1 unspecified atom stereocenters. The molecule has 0 spiro atoms. The summed E-state index contributed by atoms with van der Waals surface area (Å²) in [5, 5.41) is 10.9. The van der Waals surface area contributed by atoms with Gasteiger partial charge in [0.25, 0.3) is 11.7 Å². The molecule has 3 aromatic rings. The Bertz CT molecular complexity index is 1230. The zero-order valence-electron chi connectivity index (χ0n) is 17.0. The van der Waals surface area contributed by atoms with Gasteiger partial charge in [0.05, 0.1) is 22.9 Å². The van der Waals surface area contributed by atoms with E-state index in [1.165, 1.54) is 18.3 Å². The summed E-state index contributed by atoms with van der Waals surface area (Å²) in [7, 11) is 0. The van der Waals surface area contributed by atoms with Crippen molar-refractivity contribution in [3.05, 3.63) is 94.5 Å². The highest BCUT2D eigenvalue weighted by Gasteiger charge is 2.47. The summed E-state index contributed by atoms with van der Waals surface area (Å²) in [6.07, 6.45) is 1.52. The monoisotopic (exact) mass is 452 g/mol. The van der Waals surface area contributed by atoms with Crippen LogP contribution in [0, 0.1) is 5.82 Å². The lowest BCUT2D eigenvalue weighted by atomic mass is 9.98. The summed E-state index contributed by atoms with van der Waals surface area (Å²) in [5.41, 5.74) is 0.737. The van der Waals surface area contributed by atoms with Gasteiger partial charge in [-0.1, -0.05) is 29.8 Å². The molecule has 4 rings (SSSR count). The number of aromatic nitrogens is 1. The first-order valence-electron chi connectivity index (χ1n) is 9.82. The van der Waals surface area contributed by atoms with Gasteiger partial charge in [-0.05, 0) is 49.4 Å². The number of aliphatic hydroxyl groups excluding tert-OH is 1. The Kier molecular flexibility index (Phi) is 5.92. The van der Waals surface area contributed by atoms with E-state index in [9.17, 15) is 19.1 Å². The Morgan fingerprint density at radius 3 is 2.66 bits per heavy atom. The van der Waals surface area contributed by atoms with Crippen LogP contribution in [0.2, 0.25) is 5.02 Å². The maximum atomic E-state index is 13.7. The average molecular weight is 453 g/mol. The van der Waals surface area contributed by atoms with Gasteiger partial charge in [0.15, 0.2) is 0 Å². The lowest BCUT2D eigenvalue weighted by Gasteiger charge is -2.24. The number of anilines is 1. The summed E-state index contributed by atoms with van der Waals surface area (Å²) >= 11 is 5.92. The molecule has 1 amide bonds.